The molecular weight excluding hydrogens is 580 g/mol. The number of nitrogens with zero attached hydrogens (tertiary/aromatic N) is 4. The van der Waals surface area contributed by atoms with Crippen LogP contribution in [-0.4, -0.2) is 13.2 Å². The molecule has 0 aliphatic carbocycles. The summed E-state index contributed by atoms with van der Waals surface area (Å²) in [6.45, 7) is 5.91. The highest BCUT2D eigenvalue weighted by atomic mass is 16.5. The summed E-state index contributed by atoms with van der Waals surface area (Å²) in [5.41, 5.74) is 6.11. The van der Waals surface area contributed by atoms with Gasteiger partial charge >= 0.3 is 0 Å². The van der Waals surface area contributed by atoms with Gasteiger partial charge in [0.25, 0.3) is 0 Å². The number of hydrogen-bond donors (Lipinski definition) is 0. The first-order valence-corrected chi connectivity index (χ1v) is 17.7. The average molecular weight is 633 g/mol. The van der Waals surface area contributed by atoms with Gasteiger partial charge < -0.3 is 9.47 Å². The maximum Gasteiger partial charge on any atom is 0.119 e. The molecule has 0 aliphatic rings. The lowest BCUT2D eigenvalue weighted by atomic mass is 10.1. The Morgan fingerprint density at radius 2 is 0.660 bits per heavy atom. The monoisotopic (exact) mass is 632 g/mol. The van der Waals surface area contributed by atoms with E-state index in [-0.39, 0.29) is 0 Å². The Morgan fingerprint density at radius 3 is 0.979 bits per heavy atom. The van der Waals surface area contributed by atoms with Gasteiger partial charge in [-0.05, 0) is 122 Å². The summed E-state index contributed by atoms with van der Waals surface area (Å²) in [6, 6.07) is 32.4. The summed E-state index contributed by atoms with van der Waals surface area (Å²) < 4.78 is 11.9. The van der Waals surface area contributed by atoms with Crippen molar-refractivity contribution in [3.8, 4) is 11.5 Å². The molecule has 4 aromatic carbocycles. The highest BCUT2D eigenvalue weighted by Gasteiger charge is 2.00. The van der Waals surface area contributed by atoms with Crippen LogP contribution in [0, 0.1) is 0 Å². The molecule has 0 bridgehead atoms. The lowest BCUT2D eigenvalue weighted by molar-refractivity contribution is 0.299. The maximum atomic E-state index is 5.93. The van der Waals surface area contributed by atoms with E-state index in [9.17, 15) is 0 Å². The summed E-state index contributed by atoms with van der Waals surface area (Å²) in [4.78, 5) is 0. The minimum atomic E-state index is 0.742. The van der Waals surface area contributed by atoms with Crippen molar-refractivity contribution < 1.29 is 9.47 Å². The van der Waals surface area contributed by atoms with Crippen molar-refractivity contribution in [1.29, 1.82) is 0 Å². The van der Waals surface area contributed by atoms with Crippen LogP contribution in [0.2, 0.25) is 0 Å². The first kappa shape index (κ1) is 35.5. The number of aryl methyl sites for hydroxylation is 2. The first-order valence-electron chi connectivity index (χ1n) is 17.7. The molecule has 0 heterocycles. The van der Waals surface area contributed by atoms with Crippen LogP contribution in [0.15, 0.2) is 118 Å². The predicted octanol–water partition coefficient (Wildman–Crippen LogP) is 13.4. The number of rotatable bonds is 22. The number of unbranched alkanes of at least 4 members (excludes halogenated alkanes) is 8. The fourth-order valence-corrected chi connectivity index (χ4v) is 5.14. The highest BCUT2D eigenvalue weighted by Crippen LogP contribution is 2.24. The second-order valence-corrected chi connectivity index (χ2v) is 12.1. The normalized spacial score (nSPS) is 11.4. The number of hydrogen-bond acceptors (Lipinski definition) is 6. The fraction of sp³-hybridized carbons (Fsp3) is 0.415. The van der Waals surface area contributed by atoms with Crippen molar-refractivity contribution in [2.24, 2.45) is 20.5 Å². The molecule has 0 fully saturated rings. The SMILES string of the molecule is CCCCc1ccc(N=Nc2ccc(OCCCCCCCCCOc3ccc(N=Nc4ccc(CCCC)cc4)cc3)cc2)cc1. The van der Waals surface area contributed by atoms with Gasteiger partial charge in [0, 0.05) is 0 Å². The van der Waals surface area contributed by atoms with Crippen molar-refractivity contribution >= 4 is 22.7 Å². The topological polar surface area (TPSA) is 67.9 Å². The van der Waals surface area contributed by atoms with E-state index in [1.165, 1.54) is 68.9 Å². The molecule has 0 radical (unpaired) electrons. The molecule has 0 aromatic heterocycles. The molecule has 248 valence electrons. The van der Waals surface area contributed by atoms with Gasteiger partial charge in [0.15, 0.2) is 0 Å². The van der Waals surface area contributed by atoms with Crippen molar-refractivity contribution in [2.75, 3.05) is 13.2 Å². The molecule has 0 amide bonds. The zero-order valence-corrected chi connectivity index (χ0v) is 28.4. The number of benzene rings is 4. The van der Waals surface area contributed by atoms with Crippen LogP contribution < -0.4 is 9.47 Å². The molecule has 6 heteroatoms. The van der Waals surface area contributed by atoms with Crippen LogP contribution in [0.5, 0.6) is 11.5 Å². The van der Waals surface area contributed by atoms with E-state index in [1.807, 2.05) is 72.8 Å². The third kappa shape index (κ3) is 14.3. The van der Waals surface area contributed by atoms with Gasteiger partial charge in [-0.3, -0.25) is 0 Å². The minimum Gasteiger partial charge on any atom is -0.494 e. The van der Waals surface area contributed by atoms with Gasteiger partial charge in [-0.15, -0.1) is 0 Å². The second kappa shape index (κ2) is 21.5. The predicted molar refractivity (Wildman–Crippen MR) is 195 cm³/mol. The lowest BCUT2D eigenvalue weighted by Crippen LogP contribution is -1.98. The summed E-state index contributed by atoms with van der Waals surface area (Å²) >= 11 is 0. The Bertz CT molecular complexity index is 1330. The molecule has 0 saturated heterocycles. The van der Waals surface area contributed by atoms with E-state index >= 15 is 0 Å². The largest absolute Gasteiger partial charge is 0.494 e. The number of ether oxygens (including phenoxy) is 2. The zero-order chi connectivity index (χ0) is 32.8. The molecule has 6 nitrogen and oxygen atoms in total. The third-order valence-corrected chi connectivity index (χ3v) is 8.07. The fourth-order valence-electron chi connectivity index (χ4n) is 5.14. The van der Waals surface area contributed by atoms with Gasteiger partial charge in [0.2, 0.25) is 0 Å². The smallest absolute Gasteiger partial charge is 0.119 e. The summed E-state index contributed by atoms with van der Waals surface area (Å²) in [6.07, 6.45) is 15.3. The maximum absolute atomic E-state index is 5.93. The summed E-state index contributed by atoms with van der Waals surface area (Å²) in [7, 11) is 0. The van der Waals surface area contributed by atoms with Gasteiger partial charge in [0.05, 0.1) is 36.0 Å². The summed E-state index contributed by atoms with van der Waals surface area (Å²) in [5, 5.41) is 17.5. The van der Waals surface area contributed by atoms with E-state index in [1.54, 1.807) is 0 Å². The van der Waals surface area contributed by atoms with E-state index < -0.39 is 0 Å². The quantitative estimate of drug-likeness (QED) is 0.0639. The van der Waals surface area contributed by atoms with Crippen LogP contribution in [0.1, 0.15) is 95.6 Å². The second-order valence-electron chi connectivity index (χ2n) is 12.1. The molecule has 0 aliphatic heterocycles. The zero-order valence-electron chi connectivity index (χ0n) is 28.4. The van der Waals surface area contributed by atoms with Crippen LogP contribution in [-0.2, 0) is 12.8 Å². The first-order chi connectivity index (χ1) is 23.2. The Labute approximate surface area is 282 Å². The van der Waals surface area contributed by atoms with Crippen molar-refractivity contribution in [2.45, 2.75) is 97.3 Å². The van der Waals surface area contributed by atoms with Crippen LogP contribution in [0.3, 0.4) is 0 Å². The highest BCUT2D eigenvalue weighted by molar-refractivity contribution is 5.44. The molecule has 0 unspecified atom stereocenters. The van der Waals surface area contributed by atoms with E-state index in [4.69, 9.17) is 9.47 Å². The standard InChI is InChI=1S/C41H52N4O2/c1-3-5-14-34-16-20-36(21-17-34)42-44-38-24-28-40(29-25-38)46-32-12-10-8-7-9-11-13-33-47-41-30-26-39(27-31-41)45-43-37-22-18-35(19-23-37)15-6-4-2/h16-31H,3-15,32-33H2,1-2H3. The Hall–Kier alpha value is -4.32. The molecule has 0 N–H and O–H groups in total. The van der Waals surface area contributed by atoms with Crippen LogP contribution >= 0.6 is 0 Å². The molecule has 0 spiro atoms. The Morgan fingerprint density at radius 1 is 0.362 bits per heavy atom. The molecule has 47 heavy (non-hydrogen) atoms. The van der Waals surface area contributed by atoms with Crippen LogP contribution in [0.4, 0.5) is 22.7 Å². The summed E-state index contributed by atoms with van der Waals surface area (Å²) in [5.74, 6) is 1.76. The Balaban J connectivity index is 0.989. The van der Waals surface area contributed by atoms with E-state index in [0.29, 0.717) is 0 Å². The van der Waals surface area contributed by atoms with Gasteiger partial charge in [0.1, 0.15) is 11.5 Å². The molecule has 4 aromatic rings. The van der Waals surface area contributed by atoms with Crippen molar-refractivity contribution in [3.63, 3.8) is 0 Å². The Kier molecular flexibility index (Phi) is 16.2. The van der Waals surface area contributed by atoms with Crippen molar-refractivity contribution in [3.05, 3.63) is 108 Å². The minimum absolute atomic E-state index is 0.742. The van der Waals surface area contributed by atoms with Crippen LogP contribution in [0.25, 0.3) is 0 Å². The van der Waals surface area contributed by atoms with Gasteiger partial charge in [-0.25, -0.2) is 0 Å². The van der Waals surface area contributed by atoms with E-state index in [2.05, 4.69) is 58.6 Å². The molecule has 4 rings (SSSR count). The van der Waals surface area contributed by atoms with E-state index in [0.717, 1.165) is 73.1 Å². The lowest BCUT2D eigenvalue weighted by Gasteiger charge is -2.07. The average Bonchev–Trinajstić information content (AvgIpc) is 3.12. The third-order valence-electron chi connectivity index (χ3n) is 8.07. The molecule has 0 saturated carbocycles. The van der Waals surface area contributed by atoms with Gasteiger partial charge in [-0.2, -0.15) is 20.5 Å². The molecule has 0 atom stereocenters. The molecular formula is C41H52N4O2. The van der Waals surface area contributed by atoms with Gasteiger partial charge in [-0.1, -0.05) is 83.1 Å². The number of azo groups is 2. The van der Waals surface area contributed by atoms with Crippen molar-refractivity contribution in [1.82, 2.24) is 0 Å².